The minimum atomic E-state index is -1.55. The van der Waals surface area contributed by atoms with Crippen LogP contribution < -0.4 is 5.32 Å². The fourth-order valence-corrected chi connectivity index (χ4v) is 11.4. The van der Waals surface area contributed by atoms with Crippen LogP contribution >= 0.6 is 0 Å². The van der Waals surface area contributed by atoms with E-state index in [0.717, 1.165) is 44.9 Å². The van der Waals surface area contributed by atoms with Gasteiger partial charge in [0, 0.05) is 6.42 Å². The number of allylic oxidation sites excluding steroid dienone is 4. The quantitative estimate of drug-likeness (QED) is 0.0261. The van der Waals surface area contributed by atoms with Crippen LogP contribution in [0, 0.1) is 0 Å². The largest absolute Gasteiger partial charge is 0.394 e. The summed E-state index contributed by atoms with van der Waals surface area (Å²) in [4.78, 5) is 13.1. The molecule has 1 saturated heterocycles. The smallest absolute Gasteiger partial charge is 0.220 e. The van der Waals surface area contributed by atoms with Crippen LogP contribution in [-0.2, 0) is 14.3 Å². The van der Waals surface area contributed by atoms with Crippen molar-refractivity contribution in [2.75, 3.05) is 13.2 Å². The number of carbonyl (C=O) groups is 1. The van der Waals surface area contributed by atoms with E-state index in [1.807, 2.05) is 0 Å². The Labute approximate surface area is 483 Å². The Morgan fingerprint density at radius 3 is 1.10 bits per heavy atom. The lowest BCUT2D eigenvalue weighted by molar-refractivity contribution is -0.302. The molecule has 6 N–H and O–H groups in total. The first-order valence-electron chi connectivity index (χ1n) is 34.5. The molecule has 0 aromatic heterocycles. The zero-order chi connectivity index (χ0) is 56.5. The SMILES string of the molecule is CCCCCCC/C=C\C/C=C\CCCCCCCCCCCCCCCCCCCCCCCC(=O)NC(COC1OC(CO)C(O)C(O)C1O)C(O)CCCCCCCCCCCCCCCCCCCCCCCC. The van der Waals surface area contributed by atoms with Crippen LogP contribution in [0.1, 0.15) is 354 Å². The van der Waals surface area contributed by atoms with E-state index in [4.69, 9.17) is 9.47 Å². The van der Waals surface area contributed by atoms with Crippen molar-refractivity contribution in [3.63, 3.8) is 0 Å². The Morgan fingerprint density at radius 1 is 0.436 bits per heavy atom. The number of unbranched alkanes of at least 4 members (excludes halogenated alkanes) is 47. The summed E-state index contributed by atoms with van der Waals surface area (Å²) >= 11 is 0. The van der Waals surface area contributed by atoms with Gasteiger partial charge >= 0.3 is 0 Å². The highest BCUT2D eigenvalue weighted by Gasteiger charge is 2.44. The molecule has 9 nitrogen and oxygen atoms in total. The van der Waals surface area contributed by atoms with Crippen molar-refractivity contribution < 1.29 is 39.8 Å². The van der Waals surface area contributed by atoms with E-state index in [1.165, 1.54) is 283 Å². The lowest BCUT2D eigenvalue weighted by Gasteiger charge is -2.40. The molecule has 1 fully saturated rings. The molecule has 0 spiro atoms. The highest BCUT2D eigenvalue weighted by Crippen LogP contribution is 2.24. The second-order valence-electron chi connectivity index (χ2n) is 24.3. The number of hydrogen-bond donors (Lipinski definition) is 6. The van der Waals surface area contributed by atoms with E-state index < -0.39 is 49.5 Å². The van der Waals surface area contributed by atoms with E-state index in [2.05, 4.69) is 43.5 Å². The van der Waals surface area contributed by atoms with Gasteiger partial charge in [-0.3, -0.25) is 4.79 Å². The Morgan fingerprint density at radius 2 is 0.756 bits per heavy atom. The van der Waals surface area contributed by atoms with Gasteiger partial charge < -0.3 is 40.3 Å². The Hall–Kier alpha value is -1.33. The Balaban J connectivity index is 2.09. The highest BCUT2D eigenvalue weighted by atomic mass is 16.7. The molecule has 1 rings (SSSR count). The molecule has 7 atom stereocenters. The van der Waals surface area contributed by atoms with E-state index in [9.17, 15) is 30.3 Å². The number of nitrogens with one attached hydrogen (secondary N) is 1. The normalized spacial score (nSPS) is 18.7. The fraction of sp³-hybridized carbons (Fsp3) is 0.928. The first kappa shape index (κ1) is 74.7. The number of rotatable bonds is 61. The molecule has 1 amide bonds. The maximum atomic E-state index is 13.1. The third-order valence-corrected chi connectivity index (χ3v) is 16.8. The van der Waals surface area contributed by atoms with Crippen molar-refractivity contribution in [2.24, 2.45) is 0 Å². The molecule has 1 aliphatic heterocycles. The monoisotopic (exact) mass is 1100 g/mol. The minimum Gasteiger partial charge on any atom is -0.394 e. The highest BCUT2D eigenvalue weighted by molar-refractivity contribution is 5.76. The van der Waals surface area contributed by atoms with Crippen molar-refractivity contribution >= 4 is 5.91 Å². The lowest BCUT2D eigenvalue weighted by atomic mass is 9.99. The molecule has 0 saturated carbocycles. The first-order valence-corrected chi connectivity index (χ1v) is 34.5. The summed E-state index contributed by atoms with van der Waals surface area (Å²) < 4.78 is 11.4. The molecule has 0 radical (unpaired) electrons. The third kappa shape index (κ3) is 47.2. The minimum absolute atomic E-state index is 0.133. The molecule has 0 bridgehead atoms. The number of hydrogen-bond acceptors (Lipinski definition) is 8. The van der Waals surface area contributed by atoms with Crippen LogP contribution in [0.3, 0.4) is 0 Å². The summed E-state index contributed by atoms with van der Waals surface area (Å²) in [6, 6.07) is -0.717. The molecule has 78 heavy (non-hydrogen) atoms. The van der Waals surface area contributed by atoms with Gasteiger partial charge in [0.25, 0.3) is 0 Å². The predicted octanol–water partition coefficient (Wildman–Crippen LogP) is 18.5. The molecule has 9 heteroatoms. The maximum Gasteiger partial charge on any atom is 0.220 e. The summed E-state index contributed by atoms with van der Waals surface area (Å²) in [5.74, 6) is -0.136. The standard InChI is InChI=1S/C69H133NO8/c1-3-5-7-9-11-13-15-17-19-21-23-25-27-28-29-30-31-32-33-34-35-36-37-39-41-43-45-47-49-51-53-55-57-59-65(73)70-62(61-77-69-68(76)67(75)66(74)64(60-71)78-69)63(72)58-56-54-52-50-48-46-44-42-40-38-26-24-22-20-18-16-14-12-10-8-6-4-2/h15,17,21,23,62-64,66-69,71-72,74-76H,3-14,16,18-20,22,24-61H2,1-2H3,(H,70,73)/b17-15-,23-21-. The van der Waals surface area contributed by atoms with Gasteiger partial charge in [0.05, 0.1) is 25.4 Å². The van der Waals surface area contributed by atoms with E-state index in [-0.39, 0.29) is 12.5 Å². The Kier molecular flexibility index (Phi) is 56.3. The van der Waals surface area contributed by atoms with E-state index in [1.54, 1.807) is 0 Å². The number of aliphatic hydroxyl groups is 5. The van der Waals surface area contributed by atoms with Crippen molar-refractivity contribution in [1.29, 1.82) is 0 Å². The maximum absolute atomic E-state index is 13.1. The van der Waals surface area contributed by atoms with Crippen LogP contribution in [0.25, 0.3) is 0 Å². The van der Waals surface area contributed by atoms with Gasteiger partial charge in [-0.15, -0.1) is 0 Å². The summed E-state index contributed by atoms with van der Waals surface area (Å²) in [5, 5.41) is 54.9. The second kappa shape index (κ2) is 58.9. The zero-order valence-corrected chi connectivity index (χ0v) is 51.7. The summed E-state index contributed by atoms with van der Waals surface area (Å²) in [7, 11) is 0. The summed E-state index contributed by atoms with van der Waals surface area (Å²) in [5.41, 5.74) is 0. The molecule has 0 aromatic carbocycles. The van der Waals surface area contributed by atoms with Crippen LogP contribution in [0.4, 0.5) is 0 Å². The average Bonchev–Trinajstić information content (AvgIpc) is 3.45. The average molecular weight is 1100 g/mol. The zero-order valence-electron chi connectivity index (χ0n) is 51.7. The number of aliphatic hydroxyl groups excluding tert-OH is 5. The van der Waals surface area contributed by atoms with Gasteiger partial charge in [-0.25, -0.2) is 0 Å². The van der Waals surface area contributed by atoms with E-state index >= 15 is 0 Å². The Bertz CT molecular complexity index is 1280. The predicted molar refractivity (Wildman–Crippen MR) is 332 cm³/mol. The summed E-state index contributed by atoms with van der Waals surface area (Å²) in [6.45, 7) is 3.88. The molecule has 1 heterocycles. The van der Waals surface area contributed by atoms with Crippen molar-refractivity contribution in [3.05, 3.63) is 24.3 Å². The van der Waals surface area contributed by atoms with Crippen LogP contribution in [0.5, 0.6) is 0 Å². The van der Waals surface area contributed by atoms with Gasteiger partial charge in [-0.1, -0.05) is 327 Å². The van der Waals surface area contributed by atoms with Gasteiger partial charge in [0.1, 0.15) is 24.4 Å². The molecular weight excluding hydrogens is 971 g/mol. The molecule has 1 aliphatic rings. The first-order chi connectivity index (χ1) is 38.3. The topological polar surface area (TPSA) is 149 Å². The molecule has 7 unspecified atom stereocenters. The molecule has 462 valence electrons. The van der Waals surface area contributed by atoms with Crippen molar-refractivity contribution in [3.8, 4) is 0 Å². The fourth-order valence-electron chi connectivity index (χ4n) is 11.4. The second-order valence-corrected chi connectivity index (χ2v) is 24.3. The molecule has 0 aromatic rings. The third-order valence-electron chi connectivity index (χ3n) is 16.8. The number of ether oxygens (including phenoxy) is 2. The van der Waals surface area contributed by atoms with Gasteiger partial charge in [0.2, 0.25) is 5.91 Å². The van der Waals surface area contributed by atoms with Crippen molar-refractivity contribution in [2.45, 2.75) is 397 Å². The van der Waals surface area contributed by atoms with Crippen LogP contribution in [0.15, 0.2) is 24.3 Å². The number of amides is 1. The van der Waals surface area contributed by atoms with E-state index in [0.29, 0.717) is 12.8 Å². The number of carbonyl (C=O) groups excluding carboxylic acids is 1. The van der Waals surface area contributed by atoms with Crippen molar-refractivity contribution in [1.82, 2.24) is 5.32 Å². The van der Waals surface area contributed by atoms with Crippen LogP contribution in [0.2, 0.25) is 0 Å². The van der Waals surface area contributed by atoms with Gasteiger partial charge in [-0.05, 0) is 44.9 Å². The van der Waals surface area contributed by atoms with Gasteiger partial charge in [-0.2, -0.15) is 0 Å². The van der Waals surface area contributed by atoms with Crippen LogP contribution in [-0.4, -0.2) is 87.5 Å². The lowest BCUT2D eigenvalue weighted by Crippen LogP contribution is -2.60. The molecular formula is C69H133NO8. The van der Waals surface area contributed by atoms with Gasteiger partial charge in [0.15, 0.2) is 6.29 Å². The molecule has 0 aliphatic carbocycles. The summed E-state index contributed by atoms with van der Waals surface area (Å²) in [6.07, 6.45) is 69.6.